The molecule has 0 N–H and O–H groups in total. The van der Waals surface area contributed by atoms with E-state index >= 15 is 0 Å². The monoisotopic (exact) mass is 473 g/mol. The van der Waals surface area contributed by atoms with Crippen molar-refractivity contribution in [1.29, 1.82) is 0 Å². The van der Waals surface area contributed by atoms with Crippen molar-refractivity contribution < 1.29 is 17.6 Å². The van der Waals surface area contributed by atoms with Crippen LogP contribution >= 0.6 is 22.9 Å². The van der Waals surface area contributed by atoms with Crippen LogP contribution in [-0.2, 0) is 10.0 Å². The van der Waals surface area contributed by atoms with Gasteiger partial charge >= 0.3 is 4.94 Å². The number of sulfonamides is 1. The molecule has 0 atom stereocenters. The molecule has 0 aliphatic heterocycles. The lowest BCUT2D eigenvalue weighted by Crippen LogP contribution is -2.37. The van der Waals surface area contributed by atoms with Gasteiger partial charge in [-0.1, -0.05) is 40.6 Å². The molecule has 0 aliphatic rings. The quantitative estimate of drug-likeness (QED) is 0.408. The first kappa shape index (κ1) is 21.3. The van der Waals surface area contributed by atoms with Crippen molar-refractivity contribution in [3.8, 4) is 0 Å². The SMILES string of the molecule is Cc1ccc(S(=O)(=O)N(C(=O)c2ccc(Cl)cc2)c2ccc3oc(=O)sc3c2)c(C)c1. The van der Waals surface area contributed by atoms with E-state index in [1.807, 2.05) is 6.92 Å². The van der Waals surface area contributed by atoms with Gasteiger partial charge in [-0.2, -0.15) is 4.31 Å². The van der Waals surface area contributed by atoms with Gasteiger partial charge in [0.1, 0.15) is 5.58 Å². The van der Waals surface area contributed by atoms with E-state index in [1.54, 1.807) is 19.1 Å². The highest BCUT2D eigenvalue weighted by atomic mass is 35.5. The van der Waals surface area contributed by atoms with E-state index in [0.29, 0.717) is 20.9 Å². The summed E-state index contributed by atoms with van der Waals surface area (Å²) >= 11 is 6.75. The Bertz CT molecular complexity index is 1470. The minimum Gasteiger partial charge on any atom is -0.414 e. The number of amides is 1. The largest absolute Gasteiger partial charge is 0.414 e. The zero-order valence-electron chi connectivity index (χ0n) is 16.5. The molecule has 0 spiro atoms. The van der Waals surface area contributed by atoms with Gasteiger partial charge < -0.3 is 4.42 Å². The van der Waals surface area contributed by atoms with Crippen molar-refractivity contribution in [2.24, 2.45) is 0 Å². The molecule has 0 saturated heterocycles. The number of carbonyl (C=O) groups excluding carboxylic acids is 1. The van der Waals surface area contributed by atoms with Gasteiger partial charge in [0, 0.05) is 10.6 Å². The average Bonchev–Trinajstić information content (AvgIpc) is 3.07. The van der Waals surface area contributed by atoms with Gasteiger partial charge in [-0.15, -0.1) is 0 Å². The second kappa shape index (κ2) is 7.96. The van der Waals surface area contributed by atoms with Crippen LogP contribution < -0.4 is 9.24 Å². The topological polar surface area (TPSA) is 84.7 Å². The fourth-order valence-electron chi connectivity index (χ4n) is 3.25. The number of halogens is 1. The molecule has 0 aliphatic carbocycles. The fraction of sp³-hybridized carbons (Fsp3) is 0.0909. The number of anilines is 1. The number of hydrogen-bond acceptors (Lipinski definition) is 6. The Kier molecular flexibility index (Phi) is 5.47. The summed E-state index contributed by atoms with van der Waals surface area (Å²) in [6.45, 7) is 3.53. The Morgan fingerprint density at radius 2 is 1.71 bits per heavy atom. The zero-order valence-corrected chi connectivity index (χ0v) is 18.8. The molecule has 158 valence electrons. The molecule has 0 saturated carbocycles. The predicted molar refractivity (Wildman–Crippen MR) is 122 cm³/mol. The van der Waals surface area contributed by atoms with Crippen LogP contribution in [0.3, 0.4) is 0 Å². The van der Waals surface area contributed by atoms with Crippen molar-refractivity contribution in [3.05, 3.63) is 92.1 Å². The van der Waals surface area contributed by atoms with E-state index in [1.165, 1.54) is 48.5 Å². The maximum atomic E-state index is 13.7. The van der Waals surface area contributed by atoms with E-state index in [0.717, 1.165) is 21.2 Å². The number of rotatable bonds is 4. The highest BCUT2D eigenvalue weighted by Gasteiger charge is 2.33. The predicted octanol–water partition coefficient (Wildman–Crippen LogP) is 5.16. The Hall–Kier alpha value is -2.94. The minimum atomic E-state index is -4.27. The van der Waals surface area contributed by atoms with E-state index in [2.05, 4.69) is 0 Å². The molecule has 31 heavy (non-hydrogen) atoms. The molecule has 1 aromatic heterocycles. The number of hydrogen-bond donors (Lipinski definition) is 0. The van der Waals surface area contributed by atoms with E-state index in [9.17, 15) is 18.0 Å². The van der Waals surface area contributed by atoms with Crippen molar-refractivity contribution in [2.75, 3.05) is 4.31 Å². The molecule has 0 unspecified atom stereocenters. The van der Waals surface area contributed by atoms with Crippen LogP contribution in [0.1, 0.15) is 21.5 Å². The first-order valence-electron chi connectivity index (χ1n) is 9.13. The third-order valence-electron chi connectivity index (χ3n) is 4.67. The summed E-state index contributed by atoms with van der Waals surface area (Å²) in [6, 6.07) is 15.2. The lowest BCUT2D eigenvalue weighted by atomic mass is 10.2. The van der Waals surface area contributed by atoms with Crippen LogP contribution in [0.25, 0.3) is 10.3 Å². The van der Waals surface area contributed by atoms with Gasteiger partial charge in [-0.3, -0.25) is 4.79 Å². The maximum absolute atomic E-state index is 13.7. The number of benzene rings is 3. The van der Waals surface area contributed by atoms with Gasteiger partial charge in [0.05, 0.1) is 15.3 Å². The molecule has 0 fully saturated rings. The van der Waals surface area contributed by atoms with Crippen LogP contribution in [0.2, 0.25) is 5.02 Å². The van der Waals surface area contributed by atoms with Gasteiger partial charge in [0.15, 0.2) is 0 Å². The molecule has 3 aromatic carbocycles. The van der Waals surface area contributed by atoms with Crippen LogP contribution in [-0.4, -0.2) is 14.3 Å². The Balaban J connectivity index is 1.94. The first-order chi connectivity index (χ1) is 14.7. The lowest BCUT2D eigenvalue weighted by Gasteiger charge is -2.24. The standard InChI is InChI=1S/C22H16ClNO5S2/c1-13-3-10-20(14(2)11-13)31(27,28)24(21(25)15-4-6-16(23)7-5-15)17-8-9-18-19(12-17)30-22(26)29-18/h3-12H,1-2H3. The van der Waals surface area contributed by atoms with Crippen LogP contribution in [0.15, 0.2) is 74.8 Å². The molecule has 1 amide bonds. The highest BCUT2D eigenvalue weighted by Crippen LogP contribution is 2.31. The summed E-state index contributed by atoms with van der Waals surface area (Å²) in [5.74, 6) is -0.744. The molecule has 1 heterocycles. The van der Waals surface area contributed by atoms with E-state index < -0.39 is 20.9 Å². The van der Waals surface area contributed by atoms with Crippen LogP contribution in [0.4, 0.5) is 5.69 Å². The van der Waals surface area contributed by atoms with E-state index in [-0.39, 0.29) is 16.1 Å². The molecule has 6 nitrogen and oxygen atoms in total. The fourth-order valence-corrected chi connectivity index (χ4v) is 5.69. The Morgan fingerprint density at radius 3 is 2.39 bits per heavy atom. The molecule has 9 heteroatoms. The third kappa shape index (κ3) is 4.01. The normalized spacial score (nSPS) is 11.6. The molecule has 4 rings (SSSR count). The van der Waals surface area contributed by atoms with Crippen molar-refractivity contribution in [3.63, 3.8) is 0 Å². The molecule has 4 aromatic rings. The number of carbonyl (C=O) groups is 1. The minimum absolute atomic E-state index is 0.0147. The summed E-state index contributed by atoms with van der Waals surface area (Å²) in [4.78, 5) is 24.5. The smallest absolute Gasteiger partial charge is 0.396 e. The first-order valence-corrected chi connectivity index (χ1v) is 11.8. The second-order valence-electron chi connectivity index (χ2n) is 6.94. The number of aryl methyl sites for hydroxylation is 2. The van der Waals surface area contributed by atoms with E-state index in [4.69, 9.17) is 16.0 Å². The molecule has 0 radical (unpaired) electrons. The van der Waals surface area contributed by atoms with Gasteiger partial charge in [0.25, 0.3) is 15.9 Å². The summed E-state index contributed by atoms with van der Waals surface area (Å²) in [5.41, 5.74) is 1.99. The lowest BCUT2D eigenvalue weighted by molar-refractivity contribution is 0.101. The number of nitrogens with zero attached hydrogens (tertiary/aromatic N) is 1. The van der Waals surface area contributed by atoms with Crippen molar-refractivity contribution >= 4 is 54.8 Å². The maximum Gasteiger partial charge on any atom is 0.396 e. The van der Waals surface area contributed by atoms with Crippen LogP contribution in [0.5, 0.6) is 0 Å². The number of fused-ring (bicyclic) bond motifs is 1. The van der Waals surface area contributed by atoms with Crippen molar-refractivity contribution in [1.82, 2.24) is 0 Å². The summed E-state index contributed by atoms with van der Waals surface area (Å²) in [6.07, 6.45) is 0. The second-order valence-corrected chi connectivity index (χ2v) is 10.1. The third-order valence-corrected chi connectivity index (χ3v) is 7.58. The zero-order chi connectivity index (χ0) is 22.3. The Labute approximate surface area is 187 Å². The highest BCUT2D eigenvalue weighted by molar-refractivity contribution is 7.93. The summed E-state index contributed by atoms with van der Waals surface area (Å²) in [7, 11) is -4.27. The summed E-state index contributed by atoms with van der Waals surface area (Å²) < 4.78 is 33.6. The molecular formula is C22H16ClNO5S2. The van der Waals surface area contributed by atoms with Crippen molar-refractivity contribution in [2.45, 2.75) is 18.7 Å². The molecular weight excluding hydrogens is 458 g/mol. The van der Waals surface area contributed by atoms with Gasteiger partial charge in [0.2, 0.25) is 0 Å². The molecule has 0 bridgehead atoms. The van der Waals surface area contributed by atoms with Gasteiger partial charge in [-0.05, 0) is 67.9 Å². The van der Waals surface area contributed by atoms with Gasteiger partial charge in [-0.25, -0.2) is 13.2 Å². The average molecular weight is 474 g/mol. The summed E-state index contributed by atoms with van der Waals surface area (Å²) in [5, 5.41) is 0.421. The Morgan fingerprint density at radius 1 is 1.00 bits per heavy atom. The van der Waals surface area contributed by atoms with Crippen LogP contribution in [0, 0.1) is 13.8 Å².